The summed E-state index contributed by atoms with van der Waals surface area (Å²) in [4.78, 5) is 11.9. The summed E-state index contributed by atoms with van der Waals surface area (Å²) in [7, 11) is 1.67. The van der Waals surface area contributed by atoms with Crippen molar-refractivity contribution in [3.63, 3.8) is 0 Å². The molecule has 2 N–H and O–H groups in total. The van der Waals surface area contributed by atoms with Gasteiger partial charge in [0.1, 0.15) is 5.78 Å². The zero-order chi connectivity index (χ0) is 11.3. The van der Waals surface area contributed by atoms with Crippen molar-refractivity contribution in [3.05, 3.63) is 0 Å². The standard InChI is InChI=1S/C12H23NO2/c1-10(4-7-15-2)11(14)8-12(9-13)5-3-6-12/h10H,3-9,13H2,1-2H3. The van der Waals surface area contributed by atoms with Gasteiger partial charge in [0.15, 0.2) is 0 Å². The van der Waals surface area contributed by atoms with Gasteiger partial charge >= 0.3 is 0 Å². The Morgan fingerprint density at radius 2 is 2.20 bits per heavy atom. The number of ketones is 1. The molecule has 1 saturated carbocycles. The van der Waals surface area contributed by atoms with Crippen LogP contribution in [0.1, 0.15) is 39.0 Å². The largest absolute Gasteiger partial charge is 0.385 e. The fraction of sp³-hybridized carbons (Fsp3) is 0.917. The average molecular weight is 213 g/mol. The van der Waals surface area contributed by atoms with Crippen molar-refractivity contribution in [3.8, 4) is 0 Å². The molecule has 3 heteroatoms. The highest BCUT2D eigenvalue weighted by molar-refractivity contribution is 5.81. The number of carbonyl (C=O) groups excluding carboxylic acids is 1. The maximum atomic E-state index is 11.9. The third kappa shape index (κ3) is 3.28. The number of Topliss-reactive ketones (excluding diaryl/α,β-unsaturated/α-hetero) is 1. The van der Waals surface area contributed by atoms with Gasteiger partial charge in [-0.2, -0.15) is 0 Å². The van der Waals surface area contributed by atoms with Crippen LogP contribution in [0.25, 0.3) is 0 Å². The van der Waals surface area contributed by atoms with Crippen molar-refractivity contribution in [2.24, 2.45) is 17.1 Å². The minimum atomic E-state index is 0.119. The van der Waals surface area contributed by atoms with E-state index in [0.717, 1.165) is 19.3 Å². The van der Waals surface area contributed by atoms with E-state index in [2.05, 4.69) is 0 Å². The monoisotopic (exact) mass is 213 g/mol. The lowest BCUT2D eigenvalue weighted by molar-refractivity contribution is -0.126. The van der Waals surface area contributed by atoms with Gasteiger partial charge < -0.3 is 10.5 Å². The molecule has 1 rings (SSSR count). The van der Waals surface area contributed by atoms with Gasteiger partial charge in [0.25, 0.3) is 0 Å². The summed E-state index contributed by atoms with van der Waals surface area (Å²) in [5.74, 6) is 0.478. The molecule has 1 fully saturated rings. The lowest BCUT2D eigenvalue weighted by Crippen LogP contribution is -2.40. The Morgan fingerprint density at radius 1 is 1.53 bits per heavy atom. The number of rotatable bonds is 7. The van der Waals surface area contributed by atoms with E-state index in [1.165, 1.54) is 6.42 Å². The summed E-state index contributed by atoms with van der Waals surface area (Å²) in [6.07, 6.45) is 5.00. The molecule has 1 unspecified atom stereocenters. The highest BCUT2D eigenvalue weighted by Crippen LogP contribution is 2.43. The van der Waals surface area contributed by atoms with Crippen LogP contribution in [0.5, 0.6) is 0 Å². The van der Waals surface area contributed by atoms with E-state index < -0.39 is 0 Å². The van der Waals surface area contributed by atoms with Gasteiger partial charge in [-0.25, -0.2) is 0 Å². The Labute approximate surface area is 92.4 Å². The van der Waals surface area contributed by atoms with Crippen molar-refractivity contribution in [2.75, 3.05) is 20.3 Å². The van der Waals surface area contributed by atoms with E-state index >= 15 is 0 Å². The van der Waals surface area contributed by atoms with Crippen molar-refractivity contribution >= 4 is 5.78 Å². The molecule has 1 aliphatic carbocycles. The highest BCUT2D eigenvalue weighted by atomic mass is 16.5. The predicted octanol–water partition coefficient (Wildman–Crippen LogP) is 1.75. The first-order valence-electron chi connectivity index (χ1n) is 5.85. The van der Waals surface area contributed by atoms with Crippen molar-refractivity contribution in [1.29, 1.82) is 0 Å². The maximum absolute atomic E-state index is 11.9. The van der Waals surface area contributed by atoms with Crippen LogP contribution in [-0.2, 0) is 9.53 Å². The van der Waals surface area contributed by atoms with Gasteiger partial charge in [-0.1, -0.05) is 13.3 Å². The molecule has 0 aromatic carbocycles. The minimum absolute atomic E-state index is 0.119. The fourth-order valence-electron chi connectivity index (χ4n) is 2.13. The van der Waals surface area contributed by atoms with Crippen molar-refractivity contribution < 1.29 is 9.53 Å². The number of ether oxygens (including phenoxy) is 1. The molecule has 0 aromatic heterocycles. The van der Waals surface area contributed by atoms with Gasteiger partial charge in [-0.15, -0.1) is 0 Å². The molecule has 1 aliphatic rings. The van der Waals surface area contributed by atoms with E-state index in [4.69, 9.17) is 10.5 Å². The predicted molar refractivity (Wildman–Crippen MR) is 60.6 cm³/mol. The molecule has 0 heterocycles. The molecular formula is C12H23NO2. The Balaban J connectivity index is 2.33. The minimum Gasteiger partial charge on any atom is -0.385 e. The Kier molecular flexibility index (Phi) is 4.74. The highest BCUT2D eigenvalue weighted by Gasteiger charge is 2.38. The first-order valence-corrected chi connectivity index (χ1v) is 5.85. The van der Waals surface area contributed by atoms with Crippen LogP contribution in [0, 0.1) is 11.3 Å². The number of hydrogen-bond donors (Lipinski definition) is 1. The van der Waals surface area contributed by atoms with Gasteiger partial charge in [-0.05, 0) is 31.2 Å². The zero-order valence-corrected chi connectivity index (χ0v) is 9.92. The van der Waals surface area contributed by atoms with Crippen LogP contribution in [0.4, 0.5) is 0 Å². The van der Waals surface area contributed by atoms with E-state index in [9.17, 15) is 4.79 Å². The molecule has 1 atom stereocenters. The Hall–Kier alpha value is -0.410. The number of carbonyl (C=O) groups is 1. The van der Waals surface area contributed by atoms with Gasteiger partial charge in [0.05, 0.1) is 0 Å². The van der Waals surface area contributed by atoms with Crippen molar-refractivity contribution in [1.82, 2.24) is 0 Å². The first-order chi connectivity index (χ1) is 7.13. The van der Waals surface area contributed by atoms with Gasteiger partial charge in [-0.3, -0.25) is 4.79 Å². The second-order valence-electron chi connectivity index (χ2n) is 4.88. The third-order valence-electron chi connectivity index (χ3n) is 3.70. The Bertz CT molecular complexity index is 206. The number of hydrogen-bond acceptors (Lipinski definition) is 3. The summed E-state index contributed by atoms with van der Waals surface area (Å²) in [6, 6.07) is 0. The fourth-order valence-corrected chi connectivity index (χ4v) is 2.13. The van der Waals surface area contributed by atoms with Crippen LogP contribution in [0.2, 0.25) is 0 Å². The average Bonchev–Trinajstić information content (AvgIpc) is 2.19. The molecule has 0 amide bonds. The van der Waals surface area contributed by atoms with Crippen molar-refractivity contribution in [2.45, 2.75) is 39.0 Å². The molecule has 3 nitrogen and oxygen atoms in total. The van der Waals surface area contributed by atoms with Gasteiger partial charge in [0, 0.05) is 26.1 Å². The van der Waals surface area contributed by atoms with Crippen LogP contribution >= 0.6 is 0 Å². The first kappa shape index (κ1) is 12.7. The molecule has 0 aliphatic heterocycles. The lowest BCUT2D eigenvalue weighted by Gasteiger charge is -2.41. The summed E-state index contributed by atoms with van der Waals surface area (Å²) < 4.78 is 4.98. The lowest BCUT2D eigenvalue weighted by atomic mass is 9.65. The quantitative estimate of drug-likeness (QED) is 0.701. The van der Waals surface area contributed by atoms with Gasteiger partial charge in [0.2, 0.25) is 0 Å². The summed E-state index contributed by atoms with van der Waals surface area (Å²) in [5, 5.41) is 0. The Morgan fingerprint density at radius 3 is 2.60 bits per heavy atom. The third-order valence-corrected chi connectivity index (χ3v) is 3.70. The summed E-state index contributed by atoms with van der Waals surface area (Å²) in [6.45, 7) is 3.32. The molecule has 15 heavy (non-hydrogen) atoms. The topological polar surface area (TPSA) is 52.3 Å². The van der Waals surface area contributed by atoms with E-state index in [1.807, 2.05) is 6.92 Å². The second-order valence-corrected chi connectivity index (χ2v) is 4.88. The van der Waals surface area contributed by atoms with E-state index in [1.54, 1.807) is 7.11 Å². The van der Waals surface area contributed by atoms with Crippen LogP contribution in [-0.4, -0.2) is 26.0 Å². The molecular weight excluding hydrogens is 190 g/mol. The molecule has 0 saturated heterocycles. The SMILES string of the molecule is COCCC(C)C(=O)CC1(CN)CCC1. The molecule has 0 spiro atoms. The smallest absolute Gasteiger partial charge is 0.136 e. The van der Waals surface area contributed by atoms with Crippen LogP contribution in [0.3, 0.4) is 0 Å². The second kappa shape index (κ2) is 5.61. The zero-order valence-electron chi connectivity index (χ0n) is 9.92. The molecule has 88 valence electrons. The van der Waals surface area contributed by atoms with Crippen LogP contribution in [0.15, 0.2) is 0 Å². The molecule has 0 radical (unpaired) electrons. The number of nitrogens with two attached hydrogens (primary N) is 1. The molecule has 0 bridgehead atoms. The normalized spacial score (nSPS) is 20.7. The number of methoxy groups -OCH3 is 1. The summed E-state index contributed by atoms with van der Waals surface area (Å²) >= 11 is 0. The van der Waals surface area contributed by atoms with E-state index in [-0.39, 0.29) is 11.3 Å². The van der Waals surface area contributed by atoms with Crippen LogP contribution < -0.4 is 5.73 Å². The van der Waals surface area contributed by atoms with E-state index in [0.29, 0.717) is 25.4 Å². The molecule has 0 aromatic rings. The summed E-state index contributed by atoms with van der Waals surface area (Å²) in [5.41, 5.74) is 5.89. The maximum Gasteiger partial charge on any atom is 0.136 e.